The van der Waals surface area contributed by atoms with Gasteiger partial charge in [-0.2, -0.15) is 0 Å². The van der Waals surface area contributed by atoms with Gasteiger partial charge in [0.2, 0.25) is 0 Å². The molecule has 0 aliphatic carbocycles. The number of aliphatic hydroxyl groups excluding tert-OH is 4. The van der Waals surface area contributed by atoms with Crippen LogP contribution in [0.25, 0.3) is 0 Å². The Hall–Kier alpha value is -1.02. The third-order valence-corrected chi connectivity index (χ3v) is 1.56. The normalized spacial score (nSPS) is 17.1. The molecule has 0 amide bonds. The Morgan fingerprint density at radius 1 is 1.14 bits per heavy atom. The average molecular weight is 208 g/mol. The SMILES string of the molecule is O=C(O)CC(=O)[C@H](O)[C@@H](O)[C@H](O)CO. The predicted octanol–water partition coefficient (Wildman–Crippen LogP) is -2.89. The molecule has 7 nitrogen and oxygen atoms in total. The van der Waals surface area contributed by atoms with Gasteiger partial charge in [0, 0.05) is 0 Å². The molecule has 0 aromatic rings. The van der Waals surface area contributed by atoms with Crippen molar-refractivity contribution >= 4 is 11.8 Å². The van der Waals surface area contributed by atoms with Crippen molar-refractivity contribution in [3.63, 3.8) is 0 Å². The van der Waals surface area contributed by atoms with Crippen LogP contribution in [0.5, 0.6) is 0 Å². The summed E-state index contributed by atoms with van der Waals surface area (Å²) in [6.45, 7) is -0.835. The molecule has 7 heteroatoms. The number of carboxylic acids is 1. The number of hydrogen-bond donors (Lipinski definition) is 5. The smallest absolute Gasteiger partial charge is 0.310 e. The van der Waals surface area contributed by atoms with E-state index in [2.05, 4.69) is 0 Å². The van der Waals surface area contributed by atoms with E-state index < -0.39 is 43.1 Å². The van der Waals surface area contributed by atoms with E-state index in [1.54, 1.807) is 0 Å². The number of Topliss-reactive ketones (excluding diaryl/α,β-unsaturated/α-hetero) is 1. The van der Waals surface area contributed by atoms with Crippen molar-refractivity contribution in [2.75, 3.05) is 6.61 Å². The molecule has 0 aromatic heterocycles. The van der Waals surface area contributed by atoms with Gasteiger partial charge >= 0.3 is 5.97 Å². The highest BCUT2D eigenvalue weighted by molar-refractivity contribution is 5.97. The second-order valence-electron chi connectivity index (χ2n) is 2.72. The molecule has 0 aliphatic heterocycles. The van der Waals surface area contributed by atoms with Crippen LogP contribution in [0.2, 0.25) is 0 Å². The van der Waals surface area contributed by atoms with Gasteiger partial charge in [-0.05, 0) is 0 Å². The molecule has 5 N–H and O–H groups in total. The van der Waals surface area contributed by atoms with Crippen LogP contribution in [0.15, 0.2) is 0 Å². The van der Waals surface area contributed by atoms with Crippen molar-refractivity contribution in [3.8, 4) is 0 Å². The highest BCUT2D eigenvalue weighted by Crippen LogP contribution is 2.03. The van der Waals surface area contributed by atoms with Gasteiger partial charge in [0.15, 0.2) is 5.78 Å². The number of aliphatic carboxylic acids is 1. The quantitative estimate of drug-likeness (QED) is 0.295. The molecular formula is C7H12O7. The minimum atomic E-state index is -2.01. The zero-order valence-electron chi connectivity index (χ0n) is 7.20. The lowest BCUT2D eigenvalue weighted by atomic mass is 10.0. The molecule has 0 bridgehead atoms. The minimum Gasteiger partial charge on any atom is -0.481 e. The number of carbonyl (C=O) groups is 2. The summed E-state index contributed by atoms with van der Waals surface area (Å²) in [5, 5.41) is 43.4. The Bertz CT molecular complexity index is 214. The van der Waals surface area contributed by atoms with E-state index in [1.165, 1.54) is 0 Å². The van der Waals surface area contributed by atoms with Gasteiger partial charge < -0.3 is 25.5 Å². The fraction of sp³-hybridized carbons (Fsp3) is 0.714. The molecule has 3 atom stereocenters. The van der Waals surface area contributed by atoms with Gasteiger partial charge in [-0.1, -0.05) is 0 Å². The summed E-state index contributed by atoms with van der Waals surface area (Å²) in [6.07, 6.45) is -6.51. The predicted molar refractivity (Wildman–Crippen MR) is 42.4 cm³/mol. The fourth-order valence-electron chi connectivity index (χ4n) is 0.762. The Balaban J connectivity index is 4.23. The number of carbonyl (C=O) groups excluding carboxylic acids is 1. The summed E-state index contributed by atoms with van der Waals surface area (Å²) in [5.41, 5.74) is 0. The molecule has 0 spiro atoms. The van der Waals surface area contributed by atoms with Gasteiger partial charge in [0.25, 0.3) is 0 Å². The van der Waals surface area contributed by atoms with Crippen LogP contribution >= 0.6 is 0 Å². The Labute approximate surface area is 79.2 Å². The van der Waals surface area contributed by atoms with Gasteiger partial charge in [-0.15, -0.1) is 0 Å². The Morgan fingerprint density at radius 3 is 2.00 bits per heavy atom. The van der Waals surface area contributed by atoms with Crippen LogP contribution in [0.1, 0.15) is 6.42 Å². The lowest BCUT2D eigenvalue weighted by Crippen LogP contribution is -2.44. The second kappa shape index (κ2) is 5.66. The van der Waals surface area contributed by atoms with Crippen molar-refractivity contribution in [2.45, 2.75) is 24.7 Å². The van der Waals surface area contributed by atoms with Crippen molar-refractivity contribution in [3.05, 3.63) is 0 Å². The molecule has 0 unspecified atom stereocenters. The van der Waals surface area contributed by atoms with Gasteiger partial charge in [0.05, 0.1) is 6.61 Å². The maximum Gasteiger partial charge on any atom is 0.310 e. The van der Waals surface area contributed by atoms with Crippen molar-refractivity contribution < 1.29 is 35.1 Å². The topological polar surface area (TPSA) is 135 Å². The summed E-state index contributed by atoms with van der Waals surface area (Å²) in [5.74, 6) is -2.57. The summed E-state index contributed by atoms with van der Waals surface area (Å²) in [7, 11) is 0. The molecule has 0 radical (unpaired) electrons. The number of rotatable bonds is 6. The molecule has 0 rings (SSSR count). The fourth-order valence-corrected chi connectivity index (χ4v) is 0.762. The molecule has 0 saturated heterocycles. The molecular weight excluding hydrogens is 196 g/mol. The molecule has 0 aromatic carbocycles. The van der Waals surface area contributed by atoms with E-state index in [9.17, 15) is 9.59 Å². The van der Waals surface area contributed by atoms with E-state index in [-0.39, 0.29) is 0 Å². The number of carboxylic acid groups (broad SMARTS) is 1. The maximum absolute atomic E-state index is 10.8. The zero-order valence-corrected chi connectivity index (χ0v) is 7.20. The van der Waals surface area contributed by atoms with Gasteiger partial charge in [0.1, 0.15) is 24.7 Å². The third kappa shape index (κ3) is 3.79. The van der Waals surface area contributed by atoms with Crippen LogP contribution < -0.4 is 0 Å². The van der Waals surface area contributed by atoms with E-state index >= 15 is 0 Å². The lowest BCUT2D eigenvalue weighted by molar-refractivity contribution is -0.148. The molecule has 14 heavy (non-hydrogen) atoms. The van der Waals surface area contributed by atoms with Crippen molar-refractivity contribution in [1.29, 1.82) is 0 Å². The van der Waals surface area contributed by atoms with E-state index in [0.717, 1.165) is 0 Å². The summed E-state index contributed by atoms with van der Waals surface area (Å²) in [4.78, 5) is 20.9. The van der Waals surface area contributed by atoms with Crippen LogP contribution in [0, 0.1) is 0 Å². The van der Waals surface area contributed by atoms with E-state index in [0.29, 0.717) is 0 Å². The first-order valence-corrected chi connectivity index (χ1v) is 3.79. The zero-order chi connectivity index (χ0) is 11.3. The summed E-state index contributed by atoms with van der Waals surface area (Å²) < 4.78 is 0. The molecule has 0 aliphatic rings. The van der Waals surface area contributed by atoms with Crippen LogP contribution in [-0.4, -0.2) is 62.2 Å². The molecule has 82 valence electrons. The number of ketones is 1. The minimum absolute atomic E-state index is 0.835. The highest BCUT2D eigenvalue weighted by Gasteiger charge is 2.30. The van der Waals surface area contributed by atoms with Crippen LogP contribution in [-0.2, 0) is 9.59 Å². The monoisotopic (exact) mass is 208 g/mol. The van der Waals surface area contributed by atoms with E-state index in [1.807, 2.05) is 0 Å². The van der Waals surface area contributed by atoms with Crippen LogP contribution in [0.3, 0.4) is 0 Å². The first-order valence-electron chi connectivity index (χ1n) is 3.79. The van der Waals surface area contributed by atoms with Crippen molar-refractivity contribution in [2.24, 2.45) is 0 Å². The lowest BCUT2D eigenvalue weighted by Gasteiger charge is -2.19. The summed E-state index contributed by atoms with van der Waals surface area (Å²) in [6, 6.07) is 0. The molecule has 0 heterocycles. The Morgan fingerprint density at radius 2 is 1.64 bits per heavy atom. The standard InChI is InChI=1S/C7H12O7/c8-2-4(10)7(14)6(13)3(9)1-5(11)12/h4,6-8,10,13-14H,1-2H2,(H,11,12)/t4-,6+,7+/m1/s1. The number of aliphatic hydroxyl groups is 4. The molecule has 0 saturated carbocycles. The van der Waals surface area contributed by atoms with Crippen molar-refractivity contribution in [1.82, 2.24) is 0 Å². The largest absolute Gasteiger partial charge is 0.481 e. The second-order valence-corrected chi connectivity index (χ2v) is 2.72. The first kappa shape index (κ1) is 13.0. The number of hydrogen-bond acceptors (Lipinski definition) is 6. The maximum atomic E-state index is 10.8. The third-order valence-electron chi connectivity index (χ3n) is 1.56. The highest BCUT2D eigenvalue weighted by atomic mass is 16.4. The first-order chi connectivity index (χ1) is 6.40. The Kier molecular flexibility index (Phi) is 5.24. The average Bonchev–Trinajstić information content (AvgIpc) is 2.13. The van der Waals surface area contributed by atoms with E-state index in [4.69, 9.17) is 25.5 Å². The van der Waals surface area contributed by atoms with Gasteiger partial charge in [-0.25, -0.2) is 0 Å². The summed E-state index contributed by atoms with van der Waals surface area (Å²) >= 11 is 0. The van der Waals surface area contributed by atoms with Crippen LogP contribution in [0.4, 0.5) is 0 Å². The van der Waals surface area contributed by atoms with Gasteiger partial charge in [-0.3, -0.25) is 9.59 Å². The molecule has 0 fully saturated rings.